The molecule has 0 spiro atoms. The molecule has 0 aromatic heterocycles. The van der Waals surface area contributed by atoms with E-state index in [0.717, 1.165) is 0 Å². The van der Waals surface area contributed by atoms with Crippen LogP contribution >= 0.6 is 0 Å². The maximum absolute atomic E-state index is 9.08. The third-order valence-electron chi connectivity index (χ3n) is 0. The Bertz CT molecular complexity index is 96.1. The van der Waals surface area contributed by atoms with E-state index in [4.69, 9.17) is 13.0 Å². The van der Waals surface area contributed by atoms with Crippen molar-refractivity contribution in [3.8, 4) is 0 Å². The van der Waals surface area contributed by atoms with Crippen molar-refractivity contribution in [3.63, 3.8) is 0 Å². The monoisotopic (exact) mass is 290 g/mol. The molecule has 3 nitrogen and oxygen atoms in total. The maximum Gasteiger partial charge on any atom is 0.131 e. The van der Waals surface area contributed by atoms with Gasteiger partial charge in [-0.2, -0.15) is 6.26 Å². The van der Waals surface area contributed by atoms with Crippen LogP contribution in [0.25, 0.3) is 0 Å². The van der Waals surface area contributed by atoms with Gasteiger partial charge in [-0.3, -0.25) is 0 Å². The minimum Gasteiger partial charge on any atom is -0.358 e. The first-order chi connectivity index (χ1) is 2.00. The van der Waals surface area contributed by atoms with Crippen molar-refractivity contribution in [2.75, 3.05) is 0 Å². The van der Waals surface area contributed by atoms with Gasteiger partial charge in [0.25, 0.3) is 0 Å². The molecule has 0 aliphatic rings. The fraction of sp³-hybridized carbons (Fsp3) is 0. The van der Waals surface area contributed by atoms with Gasteiger partial charge in [0.2, 0.25) is 0 Å². The third-order valence-corrected chi connectivity index (χ3v) is 0. The summed E-state index contributed by atoms with van der Waals surface area (Å²) in [6.07, 6.45) is 2.30. The molecule has 0 unspecified atom stereocenters. The van der Waals surface area contributed by atoms with E-state index in [-0.39, 0.29) is 33.3 Å². The van der Waals surface area contributed by atoms with Crippen LogP contribution in [0.5, 0.6) is 0 Å². The average Bonchev–Trinajstić information content (AvgIpc) is 0.722. The normalized spacial score (nSPS) is 8.29. The second-order valence-electron chi connectivity index (χ2n) is 0.582. The first kappa shape index (κ1) is 15.7. The fourth-order valence-electron chi connectivity index (χ4n) is 0. The molecular weight excluding hydrogens is 283 g/mol. The van der Waals surface area contributed by atoms with E-state index >= 15 is 0 Å². The van der Waals surface area contributed by atoms with Crippen molar-refractivity contribution in [1.29, 1.82) is 0 Å². The summed E-state index contributed by atoms with van der Waals surface area (Å²) in [5.74, 6) is 0. The van der Waals surface area contributed by atoms with Crippen LogP contribution in [-0.2, 0) is 36.0 Å². The van der Waals surface area contributed by atoms with E-state index in [0.29, 0.717) is 0 Å². The summed E-state index contributed by atoms with van der Waals surface area (Å²) in [4.78, 5) is 0. The molecule has 7 heavy (non-hydrogen) atoms. The molecule has 0 aliphatic heterocycles. The van der Waals surface area contributed by atoms with E-state index < -0.39 is 10.1 Å². The molecule has 5 heteroatoms. The number of hydrogen-bond donors (Lipinski definition) is 1. The molecule has 0 radical (unpaired) electrons. The average molecular weight is 289 g/mol. The summed E-state index contributed by atoms with van der Waals surface area (Å²) in [7, 11) is -3.92. The summed E-state index contributed by atoms with van der Waals surface area (Å²) in [6, 6.07) is 0. The Kier molecular flexibility index (Phi) is 11.0. The minimum absolute atomic E-state index is 0. The van der Waals surface area contributed by atoms with Crippen LogP contribution in [0.4, 0.5) is 0 Å². The Morgan fingerprint density at radius 2 is 1.43 bits per heavy atom. The molecule has 0 aliphatic carbocycles. The van der Waals surface area contributed by atoms with Gasteiger partial charge < -0.3 is 12.0 Å². The van der Waals surface area contributed by atoms with Gasteiger partial charge in [-0.15, -0.1) is 0 Å². The van der Waals surface area contributed by atoms with Gasteiger partial charge in [-0.05, 0) is 0 Å². The Balaban J connectivity index is -0.0000000800. The van der Waals surface area contributed by atoms with Gasteiger partial charge in [0, 0.05) is 25.8 Å². The summed E-state index contributed by atoms with van der Waals surface area (Å²) in [5, 5.41) is 0. The van der Waals surface area contributed by atoms with Gasteiger partial charge in [-0.25, -0.2) is 8.42 Å². The smallest absolute Gasteiger partial charge is 0.131 e. The Hall–Kier alpha value is 0.780. The minimum atomic E-state index is -3.92. The van der Waals surface area contributed by atoms with Crippen LogP contribution in [-0.4, -0.2) is 13.0 Å². The fourth-order valence-corrected chi connectivity index (χ4v) is 0. The summed E-state index contributed by atoms with van der Waals surface area (Å²) in [6.45, 7) is 0. The number of rotatable bonds is 0. The van der Waals surface area contributed by atoms with Crippen molar-refractivity contribution < 1.29 is 38.8 Å². The van der Waals surface area contributed by atoms with Crippen LogP contribution in [0.1, 0.15) is 0 Å². The predicted molar refractivity (Wildman–Crippen MR) is 23.3 cm³/mol. The zero-order valence-electron chi connectivity index (χ0n) is 3.88. The molecule has 0 aromatic rings. The third kappa shape index (κ3) is 255. The maximum atomic E-state index is 9.08. The van der Waals surface area contributed by atoms with Gasteiger partial charge in [0.15, 0.2) is 0 Å². The molecule has 0 saturated carbocycles. The van der Waals surface area contributed by atoms with Gasteiger partial charge in [0.1, 0.15) is 10.1 Å². The molecule has 0 heterocycles. The van der Waals surface area contributed by atoms with Crippen LogP contribution in [0.2, 0.25) is 0 Å². The van der Waals surface area contributed by atoms with Crippen molar-refractivity contribution in [2.24, 2.45) is 0 Å². The van der Waals surface area contributed by atoms with Gasteiger partial charge in [-0.1, -0.05) is 0 Å². The molecule has 44 valence electrons. The second-order valence-corrected chi connectivity index (χ2v) is 1.75. The molecule has 0 atom stereocenters. The molecule has 0 amide bonds. The largest absolute Gasteiger partial charge is 0.358 e. The van der Waals surface area contributed by atoms with E-state index in [1.807, 2.05) is 0 Å². The molecular formula is C2H6HfO3S-2. The molecule has 0 aromatic carbocycles. The second kappa shape index (κ2) is 4.93. The van der Waals surface area contributed by atoms with Gasteiger partial charge >= 0.3 is 0 Å². The van der Waals surface area contributed by atoms with E-state index in [1.54, 1.807) is 0 Å². The van der Waals surface area contributed by atoms with Gasteiger partial charge in [0.05, 0.1) is 0 Å². The molecule has 0 fully saturated rings. The zero-order valence-corrected chi connectivity index (χ0v) is 8.29. The SMILES string of the molecule is [CH2-]S(=O)(=O)O.[CH3-].[Hf]. The summed E-state index contributed by atoms with van der Waals surface area (Å²) < 4.78 is 25.5. The summed E-state index contributed by atoms with van der Waals surface area (Å²) >= 11 is 0. The van der Waals surface area contributed by atoms with Crippen molar-refractivity contribution in [2.45, 2.75) is 0 Å². The standard InChI is InChI=1S/CH3O3S.CH3.Hf/c1-5(2,3)4;;/h1H2,(H,2,3,4);1H3;/q2*-1;. The topological polar surface area (TPSA) is 54.4 Å². The molecule has 0 rings (SSSR count). The van der Waals surface area contributed by atoms with Crippen LogP contribution < -0.4 is 0 Å². The van der Waals surface area contributed by atoms with Crippen molar-refractivity contribution >= 4 is 10.1 Å². The van der Waals surface area contributed by atoms with Crippen LogP contribution in [0.3, 0.4) is 0 Å². The van der Waals surface area contributed by atoms with Crippen molar-refractivity contribution in [1.82, 2.24) is 0 Å². The quantitative estimate of drug-likeness (QED) is 0.391. The van der Waals surface area contributed by atoms with E-state index in [2.05, 4.69) is 6.26 Å². The van der Waals surface area contributed by atoms with Crippen molar-refractivity contribution in [3.05, 3.63) is 13.7 Å². The van der Waals surface area contributed by atoms with Crippen LogP contribution in [0.15, 0.2) is 0 Å². The summed E-state index contributed by atoms with van der Waals surface area (Å²) in [5.41, 5.74) is 0. The molecule has 1 N–H and O–H groups in total. The zero-order chi connectivity index (χ0) is 4.50. The number of hydrogen-bond acceptors (Lipinski definition) is 2. The first-order valence-electron chi connectivity index (χ1n) is 0.805. The van der Waals surface area contributed by atoms with E-state index in [9.17, 15) is 0 Å². The molecule has 0 bridgehead atoms. The molecule has 0 saturated heterocycles. The first-order valence-corrected chi connectivity index (χ1v) is 2.41. The van der Waals surface area contributed by atoms with Crippen LogP contribution in [0, 0.1) is 13.7 Å². The predicted octanol–water partition coefficient (Wildman–Crippen LogP) is 0.114. The van der Waals surface area contributed by atoms with E-state index in [1.165, 1.54) is 0 Å². The Labute approximate surface area is 62.6 Å². The Morgan fingerprint density at radius 3 is 1.43 bits per heavy atom. The Morgan fingerprint density at radius 1 is 1.43 bits per heavy atom.